The number of hydrogen-bond acceptors (Lipinski definition) is 5. The highest BCUT2D eigenvalue weighted by atomic mass is 32.1. The fourth-order valence-corrected chi connectivity index (χ4v) is 5.49. The Bertz CT molecular complexity index is 979. The quantitative estimate of drug-likeness (QED) is 0.559. The molecule has 1 saturated heterocycles. The van der Waals surface area contributed by atoms with Crippen molar-refractivity contribution < 1.29 is 23.1 Å². The minimum atomic E-state index is -4.49. The van der Waals surface area contributed by atoms with Crippen LogP contribution in [0.2, 0.25) is 0 Å². The minimum absolute atomic E-state index is 0.0350. The van der Waals surface area contributed by atoms with E-state index in [1.807, 2.05) is 17.5 Å². The first kappa shape index (κ1) is 23.8. The van der Waals surface area contributed by atoms with Crippen molar-refractivity contribution in [3.63, 3.8) is 0 Å². The topological polar surface area (TPSA) is 64.6 Å². The van der Waals surface area contributed by atoms with E-state index in [9.17, 15) is 23.1 Å². The van der Waals surface area contributed by atoms with Crippen LogP contribution in [0.1, 0.15) is 46.5 Å². The monoisotopic (exact) mass is 479 g/mol. The van der Waals surface area contributed by atoms with Crippen LogP contribution in [0.5, 0.6) is 0 Å². The number of carbonyl (C=O) groups is 1. The number of alkyl halides is 3. The van der Waals surface area contributed by atoms with Gasteiger partial charge in [0.2, 0.25) is 0 Å². The number of likely N-dealkylation sites (tertiary alicyclic amines) is 1. The second-order valence-electron chi connectivity index (χ2n) is 8.90. The maximum atomic E-state index is 12.8. The molecule has 2 heterocycles. The van der Waals surface area contributed by atoms with Gasteiger partial charge in [-0.05, 0) is 55.3 Å². The fourth-order valence-electron chi connectivity index (χ4n) is 4.60. The summed E-state index contributed by atoms with van der Waals surface area (Å²) in [4.78, 5) is 15.7. The van der Waals surface area contributed by atoms with Gasteiger partial charge in [0.1, 0.15) is 0 Å². The van der Waals surface area contributed by atoms with Gasteiger partial charge < -0.3 is 15.7 Å². The van der Waals surface area contributed by atoms with Gasteiger partial charge in [-0.15, -0.1) is 11.3 Å². The van der Waals surface area contributed by atoms with Gasteiger partial charge >= 0.3 is 6.18 Å². The number of aliphatic hydroxyl groups is 1. The van der Waals surface area contributed by atoms with Crippen LogP contribution in [0.4, 0.5) is 13.2 Å². The van der Waals surface area contributed by atoms with Crippen molar-refractivity contribution in [1.82, 2.24) is 15.5 Å². The molecule has 1 aromatic carbocycles. The standard InChI is InChI=1S/C24H28F3N3O2S/c1-16(13-28-22(31)17-4-2-5-18(12-17)24(25,26)27)29-19-14-30(15-19)20-7-9-23(32,10-8-20)21-6-3-11-33-21/h2-6,11-12,19-20,29,32H,1,7-10,13-15H2,(H,28,31). The van der Waals surface area contributed by atoms with Crippen LogP contribution < -0.4 is 10.6 Å². The molecule has 33 heavy (non-hydrogen) atoms. The average Bonchev–Trinajstić information content (AvgIpc) is 3.31. The summed E-state index contributed by atoms with van der Waals surface area (Å²) in [7, 11) is 0. The molecule has 3 N–H and O–H groups in total. The number of nitrogens with zero attached hydrogens (tertiary/aromatic N) is 1. The van der Waals surface area contributed by atoms with Crippen molar-refractivity contribution in [1.29, 1.82) is 0 Å². The molecule has 1 amide bonds. The zero-order valence-corrected chi connectivity index (χ0v) is 19.0. The SMILES string of the molecule is C=C(CNC(=O)c1cccc(C(F)(F)F)c1)NC1CN(C2CCC(O)(c3cccs3)CC2)C1. The number of nitrogens with one attached hydrogen (secondary N) is 2. The van der Waals surface area contributed by atoms with Gasteiger partial charge in [0, 0.05) is 35.3 Å². The Morgan fingerprint density at radius 2 is 1.94 bits per heavy atom. The molecule has 1 saturated carbocycles. The molecule has 0 spiro atoms. The molecule has 2 fully saturated rings. The summed E-state index contributed by atoms with van der Waals surface area (Å²) < 4.78 is 38.5. The number of thiophene rings is 1. The third-order valence-corrected chi connectivity index (χ3v) is 7.57. The van der Waals surface area contributed by atoms with Gasteiger partial charge in [-0.3, -0.25) is 9.69 Å². The van der Waals surface area contributed by atoms with Crippen LogP contribution in [-0.4, -0.2) is 47.6 Å². The molecule has 4 rings (SSSR count). The van der Waals surface area contributed by atoms with E-state index in [1.54, 1.807) is 11.3 Å². The third-order valence-electron chi connectivity index (χ3n) is 6.51. The Labute approximate surface area is 195 Å². The molecule has 0 bridgehead atoms. The number of amides is 1. The molecule has 0 unspecified atom stereocenters. The van der Waals surface area contributed by atoms with Crippen LogP contribution in [0.3, 0.4) is 0 Å². The Hall–Kier alpha value is -2.36. The van der Waals surface area contributed by atoms with Gasteiger partial charge in [0.05, 0.1) is 23.8 Å². The van der Waals surface area contributed by atoms with Gasteiger partial charge in [-0.25, -0.2) is 0 Å². The number of carbonyl (C=O) groups excluding carboxylic acids is 1. The molecule has 2 aliphatic rings. The van der Waals surface area contributed by atoms with E-state index in [2.05, 4.69) is 22.1 Å². The first-order chi connectivity index (χ1) is 15.6. The van der Waals surface area contributed by atoms with Crippen LogP contribution in [0, 0.1) is 0 Å². The Balaban J connectivity index is 1.17. The van der Waals surface area contributed by atoms with Crippen LogP contribution >= 0.6 is 11.3 Å². The van der Waals surface area contributed by atoms with Crippen molar-refractivity contribution >= 4 is 17.2 Å². The maximum Gasteiger partial charge on any atom is 0.416 e. The van der Waals surface area contributed by atoms with E-state index in [1.165, 1.54) is 12.1 Å². The number of hydrogen-bond donors (Lipinski definition) is 3. The molecular weight excluding hydrogens is 451 g/mol. The summed E-state index contributed by atoms with van der Waals surface area (Å²) in [5, 5.41) is 18.8. The largest absolute Gasteiger partial charge is 0.416 e. The maximum absolute atomic E-state index is 12.8. The van der Waals surface area contributed by atoms with Crippen LogP contribution in [-0.2, 0) is 11.8 Å². The highest BCUT2D eigenvalue weighted by Crippen LogP contribution is 2.41. The lowest BCUT2D eigenvalue weighted by atomic mass is 9.80. The first-order valence-corrected chi connectivity index (χ1v) is 11.9. The zero-order valence-electron chi connectivity index (χ0n) is 18.2. The lowest BCUT2D eigenvalue weighted by molar-refractivity contribution is -0.137. The van der Waals surface area contributed by atoms with Crippen molar-refractivity contribution in [3.05, 3.63) is 70.1 Å². The third kappa shape index (κ3) is 5.59. The lowest BCUT2D eigenvalue weighted by Crippen LogP contribution is -2.62. The van der Waals surface area contributed by atoms with Crippen molar-refractivity contribution in [3.8, 4) is 0 Å². The molecule has 9 heteroatoms. The molecule has 5 nitrogen and oxygen atoms in total. The lowest BCUT2D eigenvalue weighted by Gasteiger charge is -2.48. The van der Waals surface area contributed by atoms with E-state index in [4.69, 9.17) is 0 Å². The number of benzene rings is 1. The van der Waals surface area contributed by atoms with E-state index in [0.717, 1.165) is 55.8 Å². The summed E-state index contributed by atoms with van der Waals surface area (Å²) in [6.45, 7) is 5.80. The van der Waals surface area contributed by atoms with E-state index in [-0.39, 0.29) is 18.2 Å². The Morgan fingerprint density at radius 1 is 1.21 bits per heavy atom. The summed E-state index contributed by atoms with van der Waals surface area (Å²) in [5.74, 6) is -0.570. The molecule has 1 aliphatic carbocycles. The molecule has 0 radical (unpaired) electrons. The Kier molecular flexibility index (Phi) is 6.83. The van der Waals surface area contributed by atoms with Crippen LogP contribution in [0.15, 0.2) is 54.1 Å². The summed E-state index contributed by atoms with van der Waals surface area (Å²) >= 11 is 1.61. The summed E-state index contributed by atoms with van der Waals surface area (Å²) in [6.07, 6.45) is -1.05. The second-order valence-corrected chi connectivity index (χ2v) is 9.85. The fraction of sp³-hybridized carbons (Fsp3) is 0.458. The number of rotatable bonds is 7. The van der Waals surface area contributed by atoms with Gasteiger partial charge in [0.15, 0.2) is 0 Å². The molecule has 178 valence electrons. The van der Waals surface area contributed by atoms with E-state index >= 15 is 0 Å². The normalized spacial score (nSPS) is 24.2. The summed E-state index contributed by atoms with van der Waals surface area (Å²) in [5.41, 5.74) is -0.958. The zero-order chi connectivity index (χ0) is 23.6. The predicted octanol–water partition coefficient (Wildman–Crippen LogP) is 4.11. The first-order valence-electron chi connectivity index (χ1n) is 11.0. The van der Waals surface area contributed by atoms with Crippen molar-refractivity contribution in [2.45, 2.75) is 49.5 Å². The average molecular weight is 480 g/mol. The van der Waals surface area contributed by atoms with Gasteiger partial charge in [0.25, 0.3) is 5.91 Å². The summed E-state index contributed by atoms with van der Waals surface area (Å²) in [6, 6.07) is 9.03. The minimum Gasteiger partial charge on any atom is -0.384 e. The van der Waals surface area contributed by atoms with Gasteiger partial charge in [-0.1, -0.05) is 18.7 Å². The van der Waals surface area contributed by atoms with E-state index in [0.29, 0.717) is 11.7 Å². The molecule has 1 aromatic heterocycles. The van der Waals surface area contributed by atoms with Crippen molar-refractivity contribution in [2.24, 2.45) is 0 Å². The highest BCUT2D eigenvalue weighted by molar-refractivity contribution is 7.10. The molecule has 1 aliphatic heterocycles. The number of halogens is 3. The predicted molar refractivity (Wildman–Crippen MR) is 122 cm³/mol. The van der Waals surface area contributed by atoms with Crippen molar-refractivity contribution in [2.75, 3.05) is 19.6 Å². The smallest absolute Gasteiger partial charge is 0.384 e. The Morgan fingerprint density at radius 3 is 2.58 bits per heavy atom. The molecular formula is C24H28F3N3O2S. The molecule has 2 aromatic rings. The molecule has 0 atom stereocenters. The van der Waals surface area contributed by atoms with Crippen LogP contribution in [0.25, 0.3) is 0 Å². The van der Waals surface area contributed by atoms with Gasteiger partial charge in [-0.2, -0.15) is 13.2 Å². The second kappa shape index (κ2) is 9.48. The highest BCUT2D eigenvalue weighted by Gasteiger charge is 2.40. The van der Waals surface area contributed by atoms with E-state index < -0.39 is 23.2 Å².